The molecule has 0 aromatic rings. The molecule has 4 rings (SSSR count). The zero-order valence-electron chi connectivity index (χ0n) is 17.4. The average Bonchev–Trinajstić information content (AvgIpc) is 3.04. The van der Waals surface area contributed by atoms with Crippen molar-refractivity contribution < 1.29 is 24.6 Å². The van der Waals surface area contributed by atoms with Gasteiger partial charge in [0, 0.05) is 29.9 Å². The molecule has 6 heteroatoms. The highest BCUT2D eigenvalue weighted by atomic mass is 32.2. The van der Waals surface area contributed by atoms with Crippen LogP contribution in [0.5, 0.6) is 0 Å². The molecule has 3 fully saturated rings. The van der Waals surface area contributed by atoms with Crippen LogP contribution in [0, 0.1) is 34.5 Å². The van der Waals surface area contributed by atoms with Gasteiger partial charge in [-0.25, -0.2) is 0 Å². The molecule has 1 unspecified atom stereocenters. The predicted octanol–water partition coefficient (Wildman–Crippen LogP) is 2.93. The van der Waals surface area contributed by atoms with Crippen molar-refractivity contribution in [1.29, 1.82) is 0 Å². The molecule has 7 atom stereocenters. The van der Waals surface area contributed by atoms with Gasteiger partial charge in [-0.05, 0) is 67.8 Å². The van der Waals surface area contributed by atoms with E-state index in [9.17, 15) is 24.6 Å². The molecule has 0 aliphatic heterocycles. The van der Waals surface area contributed by atoms with Crippen molar-refractivity contribution >= 4 is 28.4 Å². The van der Waals surface area contributed by atoms with Crippen molar-refractivity contribution in [3.8, 4) is 0 Å². The van der Waals surface area contributed by atoms with Gasteiger partial charge in [0.05, 0.1) is 6.61 Å². The predicted molar refractivity (Wildman–Crippen MR) is 111 cm³/mol. The number of fused-ring (bicyclic) bond motifs is 5. The van der Waals surface area contributed by atoms with Gasteiger partial charge >= 0.3 is 0 Å². The zero-order valence-corrected chi connectivity index (χ0v) is 18.2. The summed E-state index contributed by atoms with van der Waals surface area (Å²) in [5.74, 6) is 0.748. The quantitative estimate of drug-likeness (QED) is 0.727. The summed E-state index contributed by atoms with van der Waals surface area (Å²) < 4.78 is 0. The molecule has 0 heterocycles. The van der Waals surface area contributed by atoms with Crippen LogP contribution in [0.1, 0.15) is 58.8 Å². The van der Waals surface area contributed by atoms with Crippen LogP contribution in [0.4, 0.5) is 0 Å². The molecule has 3 saturated carbocycles. The maximum atomic E-state index is 12.5. The third-order valence-electron chi connectivity index (χ3n) is 8.83. The Morgan fingerprint density at radius 2 is 1.93 bits per heavy atom. The van der Waals surface area contributed by atoms with Crippen molar-refractivity contribution in [3.05, 3.63) is 11.6 Å². The topological polar surface area (TPSA) is 91.7 Å². The fourth-order valence-corrected chi connectivity index (χ4v) is 8.81. The van der Waals surface area contributed by atoms with E-state index in [1.54, 1.807) is 13.0 Å². The number of aliphatic hydroxyl groups excluding tert-OH is 2. The molecule has 29 heavy (non-hydrogen) atoms. The summed E-state index contributed by atoms with van der Waals surface area (Å²) in [7, 11) is 0. The Labute approximate surface area is 176 Å². The Hall–Kier alpha value is -0.980. The lowest BCUT2D eigenvalue weighted by Crippen LogP contribution is -2.57. The second-order valence-corrected chi connectivity index (χ2v) is 11.3. The third kappa shape index (κ3) is 3.17. The number of ketones is 2. The van der Waals surface area contributed by atoms with E-state index in [1.807, 2.05) is 0 Å². The molecule has 0 aromatic heterocycles. The number of Topliss-reactive ketones (excluding diaryl/α,β-unsaturated/α-hetero) is 1. The zero-order chi connectivity index (χ0) is 21.0. The Morgan fingerprint density at radius 1 is 1.17 bits per heavy atom. The third-order valence-corrected chi connectivity index (χ3v) is 9.94. The molecular formula is C23H32O5S. The van der Waals surface area contributed by atoms with Gasteiger partial charge in [0.2, 0.25) is 0 Å². The van der Waals surface area contributed by atoms with Crippen molar-refractivity contribution in [2.24, 2.45) is 34.5 Å². The summed E-state index contributed by atoms with van der Waals surface area (Å²) in [4.78, 5) is 36.7. The van der Waals surface area contributed by atoms with Gasteiger partial charge in [-0.15, -0.1) is 0 Å². The minimum Gasteiger partial charge on any atom is -0.395 e. The number of carbonyl (C=O) groups is 3. The number of hydrogen-bond donors (Lipinski definition) is 2. The van der Waals surface area contributed by atoms with Crippen molar-refractivity contribution in [2.75, 3.05) is 13.2 Å². The molecule has 0 saturated heterocycles. The average molecular weight is 421 g/mol. The molecule has 4 aliphatic rings. The first kappa shape index (κ1) is 21.3. The largest absolute Gasteiger partial charge is 0.395 e. The molecule has 0 aromatic carbocycles. The van der Waals surface area contributed by atoms with E-state index in [1.165, 1.54) is 11.8 Å². The summed E-state index contributed by atoms with van der Waals surface area (Å²) in [6.07, 6.45) is 7.12. The Morgan fingerprint density at radius 3 is 2.59 bits per heavy atom. The highest BCUT2D eigenvalue weighted by molar-refractivity contribution is 8.14. The normalized spacial score (nSPS) is 43.8. The van der Waals surface area contributed by atoms with Crippen molar-refractivity contribution in [1.82, 2.24) is 0 Å². The summed E-state index contributed by atoms with van der Waals surface area (Å²) >= 11 is 1.38. The summed E-state index contributed by atoms with van der Waals surface area (Å²) in [6.45, 7) is 3.45. The molecule has 5 nitrogen and oxygen atoms in total. The number of hydrogen-bond acceptors (Lipinski definition) is 6. The highest BCUT2D eigenvalue weighted by Gasteiger charge is 2.63. The lowest BCUT2D eigenvalue weighted by Gasteiger charge is -2.60. The van der Waals surface area contributed by atoms with Crippen LogP contribution in [0.2, 0.25) is 0 Å². The van der Waals surface area contributed by atoms with E-state index in [4.69, 9.17) is 0 Å². The minimum atomic E-state index is -0.401. The summed E-state index contributed by atoms with van der Waals surface area (Å²) in [5.41, 5.74) is 0.534. The Balaban J connectivity index is 1.76. The second-order valence-electron chi connectivity index (χ2n) is 9.89. The van der Waals surface area contributed by atoms with Crippen molar-refractivity contribution in [2.45, 2.75) is 64.0 Å². The second kappa shape index (κ2) is 7.61. The van der Waals surface area contributed by atoms with Gasteiger partial charge in [0.25, 0.3) is 0 Å². The summed E-state index contributed by atoms with van der Waals surface area (Å²) in [6, 6.07) is 0. The fourth-order valence-electron chi connectivity index (χ4n) is 7.58. The smallest absolute Gasteiger partial charge is 0.186 e. The van der Waals surface area contributed by atoms with Crippen molar-refractivity contribution in [3.63, 3.8) is 0 Å². The molecule has 0 bridgehead atoms. The minimum absolute atomic E-state index is 0.0488. The van der Waals surface area contributed by atoms with E-state index in [-0.39, 0.29) is 57.1 Å². The molecular weight excluding hydrogens is 388 g/mol. The first-order chi connectivity index (χ1) is 13.8. The maximum absolute atomic E-state index is 12.5. The number of aliphatic hydroxyl groups is 2. The van der Waals surface area contributed by atoms with Crippen LogP contribution in [0.15, 0.2) is 11.6 Å². The number of thioether (sulfide) groups is 1. The standard InChI is InChI=1S/C23H32O5S/c1-13(26)29-20-10-14-9-15(27)5-8-23(14,12-25)18-6-7-22(2)16(19(28)11-24)3-4-17(22)21(18)20/h9,16-18,20-21,24-25H,3-8,10-12H2,1-2H3/t16-,17+,18+,20?,21+,22-,23-/m1/s1. The van der Waals surface area contributed by atoms with E-state index in [2.05, 4.69) is 6.92 Å². The monoisotopic (exact) mass is 420 g/mol. The van der Waals surface area contributed by atoms with E-state index >= 15 is 0 Å². The Bertz CT molecular complexity index is 760. The van der Waals surface area contributed by atoms with Crippen LogP contribution in [-0.4, -0.2) is 45.4 Å². The molecule has 4 aliphatic carbocycles. The molecule has 2 N–H and O–H groups in total. The van der Waals surface area contributed by atoms with Crippen LogP contribution < -0.4 is 0 Å². The maximum Gasteiger partial charge on any atom is 0.186 e. The first-order valence-corrected chi connectivity index (χ1v) is 11.8. The van der Waals surface area contributed by atoms with Crippen LogP contribution in [0.3, 0.4) is 0 Å². The number of carbonyl (C=O) groups excluding carboxylic acids is 3. The number of rotatable bonds is 4. The first-order valence-electron chi connectivity index (χ1n) is 10.9. The summed E-state index contributed by atoms with van der Waals surface area (Å²) in [5, 5.41) is 20.2. The van der Waals surface area contributed by atoms with Gasteiger partial charge in [-0.1, -0.05) is 24.3 Å². The fraction of sp³-hybridized carbons (Fsp3) is 0.783. The highest BCUT2D eigenvalue weighted by Crippen LogP contribution is 2.68. The van der Waals surface area contributed by atoms with Crippen LogP contribution in [-0.2, 0) is 14.4 Å². The van der Waals surface area contributed by atoms with Crippen LogP contribution in [0.25, 0.3) is 0 Å². The molecule has 0 radical (unpaired) electrons. The van der Waals surface area contributed by atoms with Gasteiger partial charge in [0.15, 0.2) is 16.7 Å². The van der Waals surface area contributed by atoms with Gasteiger partial charge in [-0.3, -0.25) is 14.4 Å². The molecule has 160 valence electrons. The molecule has 0 amide bonds. The van der Waals surface area contributed by atoms with Crippen LogP contribution >= 0.6 is 11.8 Å². The van der Waals surface area contributed by atoms with E-state index in [0.717, 1.165) is 31.3 Å². The van der Waals surface area contributed by atoms with Gasteiger partial charge in [-0.2, -0.15) is 0 Å². The SMILES string of the molecule is CC(=O)SC1CC2=CC(=O)CC[C@]2(CO)[C@H]2CC[C@]3(C)[C@@H](C(=O)CO)CC[C@H]3[C@H]12. The molecule has 0 spiro atoms. The van der Waals surface area contributed by atoms with Gasteiger partial charge < -0.3 is 10.2 Å². The van der Waals surface area contributed by atoms with E-state index < -0.39 is 6.61 Å². The van der Waals surface area contributed by atoms with E-state index in [0.29, 0.717) is 25.2 Å². The van der Waals surface area contributed by atoms with Gasteiger partial charge in [0.1, 0.15) is 6.61 Å². The Kier molecular flexibility index (Phi) is 5.58. The lowest BCUT2D eigenvalue weighted by molar-refractivity contribution is -0.134. The lowest BCUT2D eigenvalue weighted by atomic mass is 9.46.